The molecule has 0 saturated heterocycles. The highest BCUT2D eigenvalue weighted by Crippen LogP contribution is 2.08. The lowest BCUT2D eigenvalue weighted by molar-refractivity contribution is 0.229. The van der Waals surface area contributed by atoms with Gasteiger partial charge in [-0.2, -0.15) is 0 Å². The van der Waals surface area contributed by atoms with Gasteiger partial charge in [-0.05, 0) is 19.1 Å². The van der Waals surface area contributed by atoms with E-state index in [1.165, 1.54) is 0 Å². The number of hydrogen-bond donors (Lipinski definition) is 1. The zero-order chi connectivity index (χ0) is 8.10. The van der Waals surface area contributed by atoms with E-state index in [-0.39, 0.29) is 6.10 Å². The van der Waals surface area contributed by atoms with E-state index in [0.29, 0.717) is 6.54 Å². The third-order valence-electron chi connectivity index (χ3n) is 1.32. The molecule has 0 fully saturated rings. The van der Waals surface area contributed by atoms with Crippen molar-refractivity contribution in [1.82, 2.24) is 4.98 Å². The van der Waals surface area contributed by atoms with E-state index in [0.717, 1.165) is 5.75 Å². The van der Waals surface area contributed by atoms with Crippen LogP contribution in [0.3, 0.4) is 0 Å². The predicted octanol–water partition coefficient (Wildman–Crippen LogP) is 0.808. The van der Waals surface area contributed by atoms with Gasteiger partial charge in [0.05, 0.1) is 0 Å². The van der Waals surface area contributed by atoms with Gasteiger partial charge in [0.1, 0.15) is 11.9 Å². The normalized spacial score (nSPS) is 12.5. The Hall–Kier alpha value is -1.09. The average molecular weight is 152 g/mol. The fraction of sp³-hybridized carbons (Fsp3) is 0.375. The summed E-state index contributed by atoms with van der Waals surface area (Å²) < 4.78 is 5.40. The summed E-state index contributed by atoms with van der Waals surface area (Å²) in [6, 6.07) is 3.62. The van der Waals surface area contributed by atoms with Gasteiger partial charge in [-0.15, -0.1) is 0 Å². The van der Waals surface area contributed by atoms with Gasteiger partial charge in [-0.3, -0.25) is 4.98 Å². The summed E-state index contributed by atoms with van der Waals surface area (Å²) in [5.74, 6) is 0.818. The lowest BCUT2D eigenvalue weighted by Gasteiger charge is -2.11. The van der Waals surface area contributed by atoms with Gasteiger partial charge in [-0.25, -0.2) is 0 Å². The minimum Gasteiger partial charge on any atom is -0.489 e. The van der Waals surface area contributed by atoms with Crippen molar-refractivity contribution in [2.75, 3.05) is 6.54 Å². The van der Waals surface area contributed by atoms with Crippen molar-refractivity contribution in [1.29, 1.82) is 0 Å². The molecule has 11 heavy (non-hydrogen) atoms. The molecule has 0 aromatic carbocycles. The quantitative estimate of drug-likeness (QED) is 0.697. The standard InChI is InChI=1S/C8H12N2O/c1-7(6-9)11-8-2-4-10-5-3-8/h2-5,7H,6,9H2,1H3. The number of pyridine rings is 1. The smallest absolute Gasteiger partial charge is 0.122 e. The molecule has 0 spiro atoms. The van der Waals surface area contributed by atoms with E-state index >= 15 is 0 Å². The van der Waals surface area contributed by atoms with Crippen molar-refractivity contribution in [3.63, 3.8) is 0 Å². The van der Waals surface area contributed by atoms with Crippen molar-refractivity contribution in [3.05, 3.63) is 24.5 Å². The van der Waals surface area contributed by atoms with Gasteiger partial charge < -0.3 is 10.5 Å². The first-order valence-corrected chi connectivity index (χ1v) is 3.59. The Bertz CT molecular complexity index is 201. The van der Waals surface area contributed by atoms with Crippen LogP contribution in [0.1, 0.15) is 6.92 Å². The molecule has 60 valence electrons. The maximum atomic E-state index is 5.40. The first-order chi connectivity index (χ1) is 5.33. The number of nitrogens with zero attached hydrogens (tertiary/aromatic N) is 1. The molecular weight excluding hydrogens is 140 g/mol. The van der Waals surface area contributed by atoms with Crippen LogP contribution in [0.5, 0.6) is 5.75 Å². The van der Waals surface area contributed by atoms with Gasteiger partial charge in [0.2, 0.25) is 0 Å². The minimum atomic E-state index is 0.0670. The van der Waals surface area contributed by atoms with Gasteiger partial charge in [0.15, 0.2) is 0 Å². The molecule has 1 atom stereocenters. The van der Waals surface area contributed by atoms with E-state index in [9.17, 15) is 0 Å². The molecule has 1 aromatic rings. The van der Waals surface area contributed by atoms with Crippen LogP contribution in [0.15, 0.2) is 24.5 Å². The topological polar surface area (TPSA) is 48.1 Å². The molecule has 1 heterocycles. The summed E-state index contributed by atoms with van der Waals surface area (Å²) in [4.78, 5) is 3.87. The van der Waals surface area contributed by atoms with E-state index in [4.69, 9.17) is 10.5 Å². The molecule has 0 bridgehead atoms. The van der Waals surface area contributed by atoms with E-state index in [2.05, 4.69) is 4.98 Å². The molecule has 0 saturated carbocycles. The van der Waals surface area contributed by atoms with Crippen molar-refractivity contribution < 1.29 is 4.74 Å². The highest BCUT2D eigenvalue weighted by Gasteiger charge is 1.98. The van der Waals surface area contributed by atoms with Crippen molar-refractivity contribution in [2.24, 2.45) is 5.73 Å². The van der Waals surface area contributed by atoms with E-state index < -0.39 is 0 Å². The molecule has 0 aliphatic rings. The van der Waals surface area contributed by atoms with Gasteiger partial charge in [-0.1, -0.05) is 0 Å². The molecule has 3 heteroatoms. The Balaban J connectivity index is 2.51. The summed E-state index contributed by atoms with van der Waals surface area (Å²) in [5, 5.41) is 0. The van der Waals surface area contributed by atoms with Crippen LogP contribution in [0.2, 0.25) is 0 Å². The third kappa shape index (κ3) is 2.55. The number of rotatable bonds is 3. The molecule has 3 nitrogen and oxygen atoms in total. The molecule has 2 N–H and O–H groups in total. The Kier molecular flexibility index (Phi) is 2.86. The van der Waals surface area contributed by atoms with Crippen LogP contribution in [0.25, 0.3) is 0 Å². The second-order valence-corrected chi connectivity index (χ2v) is 2.35. The lowest BCUT2D eigenvalue weighted by Crippen LogP contribution is -2.22. The monoisotopic (exact) mass is 152 g/mol. The van der Waals surface area contributed by atoms with Crippen molar-refractivity contribution in [2.45, 2.75) is 13.0 Å². The molecule has 1 rings (SSSR count). The molecule has 0 aliphatic carbocycles. The third-order valence-corrected chi connectivity index (χ3v) is 1.32. The first-order valence-electron chi connectivity index (χ1n) is 3.59. The molecule has 0 amide bonds. The van der Waals surface area contributed by atoms with Gasteiger partial charge in [0.25, 0.3) is 0 Å². The molecule has 1 unspecified atom stereocenters. The van der Waals surface area contributed by atoms with Crippen LogP contribution in [0, 0.1) is 0 Å². The SMILES string of the molecule is CC(CN)Oc1ccncc1. The number of hydrogen-bond acceptors (Lipinski definition) is 3. The van der Waals surface area contributed by atoms with Crippen molar-refractivity contribution in [3.8, 4) is 5.75 Å². The maximum Gasteiger partial charge on any atom is 0.122 e. The highest BCUT2D eigenvalue weighted by molar-refractivity contribution is 5.17. The Morgan fingerprint density at radius 3 is 2.73 bits per heavy atom. The van der Waals surface area contributed by atoms with Crippen LogP contribution in [-0.4, -0.2) is 17.6 Å². The van der Waals surface area contributed by atoms with Crippen molar-refractivity contribution >= 4 is 0 Å². The van der Waals surface area contributed by atoms with Crippen LogP contribution < -0.4 is 10.5 Å². The molecule has 0 radical (unpaired) electrons. The van der Waals surface area contributed by atoms with Gasteiger partial charge >= 0.3 is 0 Å². The second-order valence-electron chi connectivity index (χ2n) is 2.35. The summed E-state index contributed by atoms with van der Waals surface area (Å²) in [5.41, 5.74) is 5.38. The summed E-state index contributed by atoms with van der Waals surface area (Å²) in [6.45, 7) is 2.46. The highest BCUT2D eigenvalue weighted by atomic mass is 16.5. The van der Waals surface area contributed by atoms with E-state index in [1.54, 1.807) is 12.4 Å². The lowest BCUT2D eigenvalue weighted by atomic mass is 10.4. The largest absolute Gasteiger partial charge is 0.489 e. The predicted molar refractivity (Wildman–Crippen MR) is 43.4 cm³/mol. The fourth-order valence-corrected chi connectivity index (χ4v) is 0.697. The van der Waals surface area contributed by atoms with Crippen LogP contribution >= 0.6 is 0 Å². The fourth-order valence-electron chi connectivity index (χ4n) is 0.697. The number of nitrogens with two attached hydrogens (primary N) is 1. The molecule has 1 aromatic heterocycles. The number of ether oxygens (including phenoxy) is 1. The Morgan fingerprint density at radius 2 is 2.18 bits per heavy atom. The zero-order valence-electron chi connectivity index (χ0n) is 6.53. The zero-order valence-corrected chi connectivity index (χ0v) is 6.53. The maximum absolute atomic E-state index is 5.40. The molecular formula is C8H12N2O. The van der Waals surface area contributed by atoms with Gasteiger partial charge in [0, 0.05) is 18.9 Å². The average Bonchev–Trinajstić information content (AvgIpc) is 2.06. The molecule has 0 aliphatic heterocycles. The summed E-state index contributed by atoms with van der Waals surface area (Å²) in [6.07, 6.45) is 3.45. The Morgan fingerprint density at radius 1 is 1.55 bits per heavy atom. The second kappa shape index (κ2) is 3.93. The minimum absolute atomic E-state index is 0.0670. The van der Waals surface area contributed by atoms with Crippen LogP contribution in [-0.2, 0) is 0 Å². The number of aromatic nitrogens is 1. The summed E-state index contributed by atoms with van der Waals surface area (Å²) in [7, 11) is 0. The first kappa shape index (κ1) is 8.01. The summed E-state index contributed by atoms with van der Waals surface area (Å²) >= 11 is 0. The van der Waals surface area contributed by atoms with E-state index in [1.807, 2.05) is 19.1 Å². The van der Waals surface area contributed by atoms with Crippen LogP contribution in [0.4, 0.5) is 0 Å². The Labute approximate surface area is 66.2 Å².